The summed E-state index contributed by atoms with van der Waals surface area (Å²) < 4.78 is 1.87. The zero-order chi connectivity index (χ0) is 24.8. The van der Waals surface area contributed by atoms with Gasteiger partial charge in [0.05, 0.1) is 11.0 Å². The fourth-order valence-corrected chi connectivity index (χ4v) is 8.17. The van der Waals surface area contributed by atoms with Crippen LogP contribution in [0.3, 0.4) is 0 Å². The molecule has 2 aliphatic carbocycles. The van der Waals surface area contributed by atoms with Crippen LogP contribution in [0.4, 0.5) is 0 Å². The number of carboxylic acid groups (broad SMARTS) is 1. The van der Waals surface area contributed by atoms with E-state index < -0.39 is 5.97 Å². The number of aliphatic imine (C=N–C) groups is 1. The number of nitrogens with zero attached hydrogens (tertiary/aromatic N) is 4. The molecule has 36 heavy (non-hydrogen) atoms. The summed E-state index contributed by atoms with van der Waals surface area (Å²) in [7, 11) is 0. The SMILES string of the molecule is CCN=C(C(=O)O)c1nc2ccccc2n(C2C[C@H]3CC[C@@H](C2)N3C2C[C@H]3CCCC[C@@H](C2)C3)c1=O. The third kappa shape index (κ3) is 4.19. The number of benzene rings is 1. The van der Waals surface area contributed by atoms with Crippen LogP contribution in [0.1, 0.15) is 89.3 Å². The molecule has 2 saturated carbocycles. The summed E-state index contributed by atoms with van der Waals surface area (Å²) in [6.07, 6.45) is 14.1. The molecule has 4 bridgehead atoms. The van der Waals surface area contributed by atoms with Crippen LogP contribution in [0.2, 0.25) is 0 Å². The molecule has 3 heterocycles. The van der Waals surface area contributed by atoms with Crippen molar-refractivity contribution in [2.24, 2.45) is 16.8 Å². The molecule has 0 radical (unpaired) electrons. The molecule has 6 atom stereocenters. The Kier molecular flexibility index (Phi) is 6.44. The van der Waals surface area contributed by atoms with E-state index in [1.807, 2.05) is 28.8 Å². The van der Waals surface area contributed by atoms with Gasteiger partial charge in [0.25, 0.3) is 5.56 Å². The Morgan fingerprint density at radius 3 is 2.25 bits per heavy atom. The lowest BCUT2D eigenvalue weighted by Crippen LogP contribution is -2.52. The first-order valence-corrected chi connectivity index (χ1v) is 14.1. The van der Waals surface area contributed by atoms with Gasteiger partial charge in [0.1, 0.15) is 0 Å². The van der Waals surface area contributed by atoms with E-state index in [9.17, 15) is 14.7 Å². The zero-order valence-electron chi connectivity index (χ0n) is 21.3. The van der Waals surface area contributed by atoms with Gasteiger partial charge in [-0.1, -0.05) is 37.8 Å². The van der Waals surface area contributed by atoms with E-state index in [-0.39, 0.29) is 23.0 Å². The molecule has 6 rings (SSSR count). The van der Waals surface area contributed by atoms with Gasteiger partial charge in [-0.25, -0.2) is 9.78 Å². The number of piperidine rings is 1. The van der Waals surface area contributed by atoms with E-state index in [1.165, 1.54) is 57.8 Å². The Morgan fingerprint density at radius 1 is 0.944 bits per heavy atom. The van der Waals surface area contributed by atoms with Gasteiger partial charge in [-0.05, 0) is 75.8 Å². The number of rotatable bonds is 5. The van der Waals surface area contributed by atoms with Gasteiger partial charge in [0, 0.05) is 30.7 Å². The summed E-state index contributed by atoms with van der Waals surface area (Å²) in [5.41, 5.74) is 0.878. The first-order valence-electron chi connectivity index (χ1n) is 14.1. The second-order valence-electron chi connectivity index (χ2n) is 11.6. The fourth-order valence-electron chi connectivity index (χ4n) is 8.17. The van der Waals surface area contributed by atoms with Crippen LogP contribution < -0.4 is 5.56 Å². The van der Waals surface area contributed by atoms with Gasteiger partial charge in [0.15, 0.2) is 11.4 Å². The molecule has 0 amide bonds. The second-order valence-corrected chi connectivity index (χ2v) is 11.6. The van der Waals surface area contributed by atoms with Crippen molar-refractivity contribution in [3.8, 4) is 0 Å². The van der Waals surface area contributed by atoms with Crippen molar-refractivity contribution in [2.45, 2.75) is 102 Å². The maximum absolute atomic E-state index is 13.8. The average Bonchev–Trinajstić information content (AvgIpc) is 3.02. The number of hydrogen-bond donors (Lipinski definition) is 1. The normalized spacial score (nSPS) is 33.0. The maximum Gasteiger partial charge on any atom is 0.356 e. The third-order valence-corrected chi connectivity index (χ3v) is 9.44. The first-order chi connectivity index (χ1) is 17.5. The summed E-state index contributed by atoms with van der Waals surface area (Å²) in [5, 5.41) is 9.79. The topological polar surface area (TPSA) is 87.8 Å². The molecule has 4 aliphatic rings. The lowest BCUT2D eigenvalue weighted by Gasteiger charge is -2.48. The highest BCUT2D eigenvalue weighted by Gasteiger charge is 2.47. The summed E-state index contributed by atoms with van der Waals surface area (Å²) in [6, 6.07) is 9.40. The van der Waals surface area contributed by atoms with Crippen molar-refractivity contribution < 1.29 is 9.90 Å². The van der Waals surface area contributed by atoms with Gasteiger partial charge >= 0.3 is 5.97 Å². The van der Waals surface area contributed by atoms with E-state index in [0.717, 1.165) is 30.2 Å². The Hall–Kier alpha value is -2.54. The highest BCUT2D eigenvalue weighted by Crippen LogP contribution is 2.47. The zero-order valence-corrected chi connectivity index (χ0v) is 21.3. The smallest absolute Gasteiger partial charge is 0.356 e. The highest BCUT2D eigenvalue weighted by molar-refractivity contribution is 6.42. The predicted octanol–water partition coefficient (Wildman–Crippen LogP) is 4.82. The molecule has 2 saturated heterocycles. The molecular formula is C29H38N4O3. The van der Waals surface area contributed by atoms with Gasteiger partial charge in [-0.3, -0.25) is 14.7 Å². The molecule has 1 N–H and O–H groups in total. The molecule has 7 heteroatoms. The molecule has 0 spiro atoms. The highest BCUT2D eigenvalue weighted by atomic mass is 16.4. The number of aliphatic carboxylic acids is 1. The van der Waals surface area contributed by atoms with Crippen molar-refractivity contribution in [1.82, 2.24) is 14.5 Å². The molecule has 192 valence electrons. The van der Waals surface area contributed by atoms with Crippen LogP contribution in [0.5, 0.6) is 0 Å². The number of hydrogen-bond acceptors (Lipinski definition) is 5. The van der Waals surface area contributed by atoms with Crippen molar-refractivity contribution in [3.63, 3.8) is 0 Å². The minimum Gasteiger partial charge on any atom is -0.476 e. The summed E-state index contributed by atoms with van der Waals surface area (Å²) in [5.74, 6) is 0.599. The van der Waals surface area contributed by atoms with Crippen LogP contribution in [0, 0.1) is 11.8 Å². The Morgan fingerprint density at radius 2 is 1.61 bits per heavy atom. The van der Waals surface area contributed by atoms with Crippen LogP contribution >= 0.6 is 0 Å². The van der Waals surface area contributed by atoms with Crippen LogP contribution in [0.25, 0.3) is 11.0 Å². The largest absolute Gasteiger partial charge is 0.476 e. The van der Waals surface area contributed by atoms with Gasteiger partial charge in [-0.15, -0.1) is 0 Å². The van der Waals surface area contributed by atoms with Crippen molar-refractivity contribution in [3.05, 3.63) is 40.3 Å². The Labute approximate surface area is 212 Å². The first kappa shape index (κ1) is 23.8. The van der Waals surface area contributed by atoms with Gasteiger partial charge in [0.2, 0.25) is 0 Å². The standard InChI is InChI=1S/C29H38N4O3/c1-2-30-27(29(35)36)26-28(34)33(25-10-6-5-9-24(25)31-26)23-16-20-11-12-21(17-23)32(20)22-14-18-7-3-4-8-19(13-18)15-22/h5-6,9-10,18-23H,2-4,7-8,11-17H2,1H3,(H,35,36)/t18-,19+,20-,21+,22?,23?. The monoisotopic (exact) mass is 490 g/mol. The van der Waals surface area contributed by atoms with Crippen molar-refractivity contribution in [2.75, 3.05) is 6.54 Å². The molecule has 2 unspecified atom stereocenters. The molecule has 1 aromatic heterocycles. The number of carboxylic acids is 1. The molecule has 7 nitrogen and oxygen atoms in total. The number of para-hydroxylation sites is 2. The van der Waals surface area contributed by atoms with E-state index >= 15 is 0 Å². The lowest BCUT2D eigenvalue weighted by atomic mass is 9.76. The molecule has 1 aromatic carbocycles. The predicted molar refractivity (Wildman–Crippen MR) is 141 cm³/mol. The van der Waals surface area contributed by atoms with E-state index in [1.54, 1.807) is 6.92 Å². The fraction of sp³-hybridized carbons (Fsp3) is 0.655. The Balaban J connectivity index is 1.34. The lowest BCUT2D eigenvalue weighted by molar-refractivity contribution is -0.129. The average molecular weight is 491 g/mol. The van der Waals surface area contributed by atoms with Gasteiger partial charge in [-0.2, -0.15) is 0 Å². The minimum absolute atomic E-state index is 0.0332. The third-order valence-electron chi connectivity index (χ3n) is 9.44. The Bertz CT molecular complexity index is 1210. The summed E-state index contributed by atoms with van der Waals surface area (Å²) in [4.78, 5) is 37.3. The molecular weight excluding hydrogens is 452 g/mol. The number of aromatic nitrogens is 2. The molecule has 2 aliphatic heterocycles. The summed E-state index contributed by atoms with van der Waals surface area (Å²) >= 11 is 0. The van der Waals surface area contributed by atoms with Crippen molar-refractivity contribution in [1.29, 1.82) is 0 Å². The molecule has 4 fully saturated rings. The van der Waals surface area contributed by atoms with Crippen LogP contribution in [0.15, 0.2) is 34.1 Å². The van der Waals surface area contributed by atoms with Crippen LogP contribution in [-0.2, 0) is 4.79 Å². The van der Waals surface area contributed by atoms with Crippen molar-refractivity contribution >= 4 is 22.7 Å². The number of fused-ring (bicyclic) bond motifs is 5. The van der Waals surface area contributed by atoms with E-state index in [4.69, 9.17) is 0 Å². The molecule has 2 aromatic rings. The quantitative estimate of drug-likeness (QED) is 0.608. The second kappa shape index (κ2) is 9.73. The summed E-state index contributed by atoms with van der Waals surface area (Å²) in [6.45, 7) is 2.07. The van der Waals surface area contributed by atoms with E-state index in [2.05, 4.69) is 14.9 Å². The number of carbonyl (C=O) groups is 1. The van der Waals surface area contributed by atoms with Crippen LogP contribution in [-0.4, -0.2) is 55.9 Å². The maximum atomic E-state index is 13.8. The van der Waals surface area contributed by atoms with E-state index in [0.29, 0.717) is 30.2 Å². The minimum atomic E-state index is -1.20. The van der Waals surface area contributed by atoms with Gasteiger partial charge < -0.3 is 9.67 Å².